The summed E-state index contributed by atoms with van der Waals surface area (Å²) in [7, 11) is -3.89. The fraction of sp³-hybridized carbons (Fsp3) is 0.412. The molecule has 1 aliphatic carbocycles. The van der Waals surface area contributed by atoms with Crippen LogP contribution in [-0.4, -0.2) is 56.6 Å². The molecule has 230 valence electrons. The Morgan fingerprint density at radius 2 is 1.60 bits per heavy atom. The van der Waals surface area contributed by atoms with Gasteiger partial charge in [0.05, 0.1) is 18.6 Å². The number of nitrogens with one attached hydrogen (secondary N) is 1. The molecule has 0 bridgehead atoms. The van der Waals surface area contributed by atoms with Crippen LogP contribution in [0.4, 0.5) is 5.69 Å². The second-order valence-electron chi connectivity index (χ2n) is 11.2. The van der Waals surface area contributed by atoms with Gasteiger partial charge in [-0.1, -0.05) is 91.6 Å². The molecule has 1 fully saturated rings. The number of amides is 2. The zero-order valence-corrected chi connectivity index (χ0v) is 26.2. The largest absolute Gasteiger partial charge is 0.492 e. The van der Waals surface area contributed by atoms with Crippen LogP contribution in [0, 0.1) is 6.92 Å². The van der Waals surface area contributed by atoms with E-state index in [-0.39, 0.29) is 24.2 Å². The normalized spacial score (nSPS) is 14.5. The van der Waals surface area contributed by atoms with Gasteiger partial charge in [-0.2, -0.15) is 0 Å². The number of para-hydroxylation sites is 2. The molecule has 1 saturated carbocycles. The maximum absolute atomic E-state index is 14.4. The average Bonchev–Trinajstić information content (AvgIpc) is 2.98. The number of aryl methyl sites for hydroxylation is 1. The first kappa shape index (κ1) is 32.1. The molecule has 3 aromatic rings. The second kappa shape index (κ2) is 15.0. The summed E-state index contributed by atoms with van der Waals surface area (Å²) in [5.41, 5.74) is 3.08. The summed E-state index contributed by atoms with van der Waals surface area (Å²) in [5.74, 6) is -0.334. The molecular formula is C34H43N3O5S. The molecular weight excluding hydrogens is 562 g/mol. The van der Waals surface area contributed by atoms with Crippen molar-refractivity contribution in [1.82, 2.24) is 10.2 Å². The predicted molar refractivity (Wildman–Crippen MR) is 170 cm³/mol. The summed E-state index contributed by atoms with van der Waals surface area (Å²) in [6, 6.07) is 23.4. The molecule has 1 N–H and O–H groups in total. The van der Waals surface area contributed by atoms with Gasteiger partial charge in [0, 0.05) is 19.0 Å². The van der Waals surface area contributed by atoms with E-state index in [1.807, 2.05) is 68.4 Å². The van der Waals surface area contributed by atoms with Gasteiger partial charge in [0.25, 0.3) is 0 Å². The van der Waals surface area contributed by atoms with Crippen LogP contribution in [0.3, 0.4) is 0 Å². The summed E-state index contributed by atoms with van der Waals surface area (Å²) in [5, 5.41) is 3.23. The molecule has 0 aliphatic heterocycles. The molecule has 2 amide bonds. The molecule has 0 spiro atoms. The van der Waals surface area contributed by atoms with Gasteiger partial charge in [-0.3, -0.25) is 13.9 Å². The van der Waals surface area contributed by atoms with E-state index in [4.69, 9.17) is 4.74 Å². The van der Waals surface area contributed by atoms with E-state index in [1.54, 1.807) is 29.2 Å². The molecule has 43 heavy (non-hydrogen) atoms. The Morgan fingerprint density at radius 3 is 2.28 bits per heavy atom. The van der Waals surface area contributed by atoms with Gasteiger partial charge < -0.3 is 15.0 Å². The Kier molecular flexibility index (Phi) is 11.2. The van der Waals surface area contributed by atoms with Crippen LogP contribution < -0.4 is 14.4 Å². The molecule has 3 aromatic carbocycles. The van der Waals surface area contributed by atoms with Gasteiger partial charge in [-0.15, -0.1) is 0 Å². The standard InChI is InChI=1S/C34H43N3O5S/c1-4-42-32-21-12-11-20-30(32)37(43(3,40)41)25-33(38)36(24-28-17-13-14-26(2)22-28)31(23-27-15-7-5-8-16-27)34(39)35-29-18-9-6-10-19-29/h5,7-8,11-17,20-22,29,31H,4,6,9-10,18-19,23-25H2,1-3H3,(H,35,39). The van der Waals surface area contributed by atoms with E-state index in [2.05, 4.69) is 5.32 Å². The molecule has 1 unspecified atom stereocenters. The lowest BCUT2D eigenvalue weighted by Gasteiger charge is -2.35. The summed E-state index contributed by atoms with van der Waals surface area (Å²) in [6.45, 7) is 3.80. The number of ether oxygens (including phenoxy) is 1. The van der Waals surface area contributed by atoms with E-state index in [9.17, 15) is 18.0 Å². The van der Waals surface area contributed by atoms with E-state index in [1.165, 1.54) is 0 Å². The highest BCUT2D eigenvalue weighted by Crippen LogP contribution is 2.30. The van der Waals surface area contributed by atoms with Crippen molar-refractivity contribution >= 4 is 27.5 Å². The number of hydrogen-bond acceptors (Lipinski definition) is 5. The van der Waals surface area contributed by atoms with Gasteiger partial charge in [0.1, 0.15) is 18.3 Å². The van der Waals surface area contributed by atoms with Gasteiger partial charge in [0.15, 0.2) is 0 Å². The Labute approximate surface area is 256 Å². The first-order valence-electron chi connectivity index (χ1n) is 15.0. The van der Waals surface area contributed by atoms with Crippen molar-refractivity contribution in [3.05, 3.63) is 95.6 Å². The Morgan fingerprint density at radius 1 is 0.930 bits per heavy atom. The topological polar surface area (TPSA) is 96.0 Å². The second-order valence-corrected chi connectivity index (χ2v) is 13.1. The maximum atomic E-state index is 14.4. The van der Waals surface area contributed by atoms with E-state index < -0.39 is 28.5 Å². The van der Waals surface area contributed by atoms with Crippen molar-refractivity contribution in [2.45, 2.75) is 71.0 Å². The highest BCUT2D eigenvalue weighted by Gasteiger charge is 2.34. The van der Waals surface area contributed by atoms with E-state index >= 15 is 0 Å². The van der Waals surface area contributed by atoms with Crippen LogP contribution in [-0.2, 0) is 32.6 Å². The zero-order valence-electron chi connectivity index (χ0n) is 25.4. The lowest BCUT2D eigenvalue weighted by atomic mass is 9.94. The molecule has 9 heteroatoms. The number of carbonyl (C=O) groups excluding carboxylic acids is 2. The Balaban J connectivity index is 1.74. The van der Waals surface area contributed by atoms with Crippen molar-refractivity contribution in [3.63, 3.8) is 0 Å². The van der Waals surface area contributed by atoms with Gasteiger partial charge in [-0.25, -0.2) is 8.42 Å². The number of sulfonamides is 1. The molecule has 0 saturated heterocycles. The van der Waals surface area contributed by atoms with E-state index in [0.29, 0.717) is 18.8 Å². The molecule has 0 heterocycles. The minimum Gasteiger partial charge on any atom is -0.492 e. The lowest BCUT2D eigenvalue weighted by molar-refractivity contribution is -0.140. The van der Waals surface area contributed by atoms with Gasteiger partial charge in [0.2, 0.25) is 21.8 Å². The first-order valence-corrected chi connectivity index (χ1v) is 16.9. The third kappa shape index (κ3) is 9.07. The van der Waals surface area contributed by atoms with Crippen LogP contribution >= 0.6 is 0 Å². The monoisotopic (exact) mass is 605 g/mol. The molecule has 0 radical (unpaired) electrons. The molecule has 1 aliphatic rings. The maximum Gasteiger partial charge on any atom is 0.244 e. The summed E-state index contributed by atoms with van der Waals surface area (Å²) < 4.78 is 33.0. The predicted octanol–water partition coefficient (Wildman–Crippen LogP) is 5.25. The number of benzene rings is 3. The summed E-state index contributed by atoms with van der Waals surface area (Å²) in [6.07, 6.45) is 6.46. The van der Waals surface area contributed by atoms with Gasteiger partial charge in [-0.05, 0) is 49.9 Å². The number of nitrogens with zero attached hydrogens (tertiary/aromatic N) is 2. The van der Waals surface area contributed by atoms with Gasteiger partial charge >= 0.3 is 0 Å². The Hall–Kier alpha value is -3.85. The van der Waals surface area contributed by atoms with Crippen LogP contribution in [0.25, 0.3) is 0 Å². The summed E-state index contributed by atoms with van der Waals surface area (Å²) >= 11 is 0. The quantitative estimate of drug-likeness (QED) is 0.287. The minimum absolute atomic E-state index is 0.0565. The van der Waals surface area contributed by atoms with E-state index in [0.717, 1.165) is 59.4 Å². The molecule has 8 nitrogen and oxygen atoms in total. The zero-order chi connectivity index (χ0) is 30.8. The smallest absolute Gasteiger partial charge is 0.244 e. The van der Waals surface area contributed by atoms with Crippen molar-refractivity contribution in [1.29, 1.82) is 0 Å². The molecule has 4 rings (SSSR count). The average molecular weight is 606 g/mol. The Bertz CT molecular complexity index is 1470. The fourth-order valence-electron chi connectivity index (χ4n) is 5.64. The van der Waals surface area contributed by atoms with Crippen LogP contribution in [0.2, 0.25) is 0 Å². The lowest BCUT2D eigenvalue weighted by Crippen LogP contribution is -2.55. The number of hydrogen-bond donors (Lipinski definition) is 1. The third-order valence-electron chi connectivity index (χ3n) is 7.77. The van der Waals surface area contributed by atoms with Crippen molar-refractivity contribution in [3.8, 4) is 5.75 Å². The highest BCUT2D eigenvalue weighted by molar-refractivity contribution is 7.92. The number of anilines is 1. The van der Waals surface area contributed by atoms with Crippen LogP contribution in [0.1, 0.15) is 55.7 Å². The third-order valence-corrected chi connectivity index (χ3v) is 8.90. The van der Waals surface area contributed by atoms with Crippen molar-refractivity contribution < 1.29 is 22.7 Å². The molecule has 0 aromatic heterocycles. The number of rotatable bonds is 13. The highest BCUT2D eigenvalue weighted by atomic mass is 32.2. The fourth-order valence-corrected chi connectivity index (χ4v) is 6.49. The summed E-state index contributed by atoms with van der Waals surface area (Å²) in [4.78, 5) is 30.0. The van der Waals surface area contributed by atoms with Crippen LogP contribution in [0.15, 0.2) is 78.9 Å². The first-order chi connectivity index (χ1) is 20.7. The van der Waals surface area contributed by atoms with Crippen molar-refractivity contribution in [2.24, 2.45) is 0 Å². The number of carbonyl (C=O) groups is 2. The molecule has 1 atom stereocenters. The van der Waals surface area contributed by atoms with Crippen LogP contribution in [0.5, 0.6) is 5.75 Å². The SMILES string of the molecule is CCOc1ccccc1N(CC(=O)N(Cc1cccc(C)c1)C(Cc1ccccc1)C(=O)NC1CCCCC1)S(C)(=O)=O. The minimum atomic E-state index is -3.89. The van der Waals surface area contributed by atoms with Crippen molar-refractivity contribution in [2.75, 3.05) is 23.7 Å².